The number of rotatable bonds is 6. The first-order valence-electron chi connectivity index (χ1n) is 10.2. The predicted octanol–water partition coefficient (Wildman–Crippen LogP) is 5.89. The van der Waals surface area contributed by atoms with Gasteiger partial charge in [0.05, 0.1) is 27.4 Å². The number of halogens is 1. The lowest BCUT2D eigenvalue weighted by molar-refractivity contribution is -0.113. The molecular weight excluding hydrogens is 442 g/mol. The van der Waals surface area contributed by atoms with Crippen molar-refractivity contribution in [3.8, 4) is 5.69 Å². The Bertz CT molecular complexity index is 1350. The van der Waals surface area contributed by atoms with Crippen LogP contribution in [0.1, 0.15) is 25.3 Å². The second-order valence-corrected chi connectivity index (χ2v) is 8.93. The Hall–Kier alpha value is -3.09. The van der Waals surface area contributed by atoms with Crippen molar-refractivity contribution in [2.24, 2.45) is 0 Å². The van der Waals surface area contributed by atoms with Crippen LogP contribution in [-0.2, 0) is 4.79 Å². The van der Waals surface area contributed by atoms with E-state index >= 15 is 0 Å². The maximum Gasteiger partial charge on any atom is 0.266 e. The third-order valence-corrected chi connectivity index (χ3v) is 6.29. The van der Waals surface area contributed by atoms with Crippen LogP contribution in [0.4, 0.5) is 5.69 Å². The Labute approximate surface area is 195 Å². The highest BCUT2D eigenvalue weighted by atomic mass is 35.5. The number of fused-ring (bicyclic) bond motifs is 1. The summed E-state index contributed by atoms with van der Waals surface area (Å²) in [4.78, 5) is 30.7. The van der Waals surface area contributed by atoms with E-state index < -0.39 is 0 Å². The number of hydrogen-bond acceptors (Lipinski definition) is 4. The third-order valence-electron chi connectivity index (χ3n) is 5.03. The monoisotopic (exact) mass is 463 g/mol. The molecule has 0 bridgehead atoms. The molecule has 0 unspecified atom stereocenters. The molecule has 0 aliphatic heterocycles. The molecule has 0 aliphatic carbocycles. The Morgan fingerprint density at radius 1 is 1.03 bits per heavy atom. The van der Waals surface area contributed by atoms with Gasteiger partial charge < -0.3 is 5.32 Å². The molecule has 162 valence electrons. The van der Waals surface area contributed by atoms with Crippen molar-refractivity contribution < 1.29 is 4.79 Å². The van der Waals surface area contributed by atoms with Gasteiger partial charge in [0.25, 0.3) is 5.56 Å². The molecule has 5 nitrogen and oxygen atoms in total. The van der Waals surface area contributed by atoms with E-state index in [9.17, 15) is 9.59 Å². The van der Waals surface area contributed by atoms with Crippen LogP contribution in [0.5, 0.6) is 0 Å². The minimum absolute atomic E-state index is 0.0989. The number of aromatic nitrogens is 2. The van der Waals surface area contributed by atoms with Gasteiger partial charge in [0.15, 0.2) is 5.16 Å². The average molecular weight is 464 g/mol. The molecule has 0 aliphatic rings. The fourth-order valence-corrected chi connectivity index (χ4v) is 4.51. The molecule has 3 aromatic carbocycles. The largest absolute Gasteiger partial charge is 0.325 e. The fraction of sp³-hybridized carbons (Fsp3) is 0.160. The van der Waals surface area contributed by atoms with Crippen LogP contribution in [0.15, 0.2) is 82.7 Å². The van der Waals surface area contributed by atoms with Gasteiger partial charge in [0.2, 0.25) is 5.91 Å². The van der Waals surface area contributed by atoms with Gasteiger partial charge in [0.1, 0.15) is 0 Å². The van der Waals surface area contributed by atoms with Crippen LogP contribution < -0.4 is 10.9 Å². The van der Waals surface area contributed by atoms with Crippen LogP contribution in [0, 0.1) is 0 Å². The van der Waals surface area contributed by atoms with Crippen LogP contribution in [0.25, 0.3) is 16.6 Å². The number of nitrogens with zero attached hydrogens (tertiary/aromatic N) is 2. The predicted molar refractivity (Wildman–Crippen MR) is 132 cm³/mol. The molecule has 0 fully saturated rings. The summed E-state index contributed by atoms with van der Waals surface area (Å²) in [6.45, 7) is 4.17. The Morgan fingerprint density at radius 3 is 2.50 bits per heavy atom. The maximum absolute atomic E-state index is 13.3. The zero-order chi connectivity index (χ0) is 22.7. The molecule has 0 spiro atoms. The summed E-state index contributed by atoms with van der Waals surface area (Å²) in [5, 5.41) is 4.32. The van der Waals surface area contributed by atoms with Crippen molar-refractivity contribution in [3.63, 3.8) is 0 Å². The second-order valence-electron chi connectivity index (χ2n) is 7.58. The topological polar surface area (TPSA) is 64.0 Å². The van der Waals surface area contributed by atoms with Gasteiger partial charge >= 0.3 is 0 Å². The maximum atomic E-state index is 13.3. The summed E-state index contributed by atoms with van der Waals surface area (Å²) >= 11 is 7.60. The number of carbonyl (C=O) groups is 1. The summed E-state index contributed by atoms with van der Waals surface area (Å²) in [5.41, 5.74) is 2.75. The van der Waals surface area contributed by atoms with Crippen LogP contribution in [-0.4, -0.2) is 21.2 Å². The minimum Gasteiger partial charge on any atom is -0.325 e. The number of para-hydroxylation sites is 3. The minimum atomic E-state index is -0.225. The van der Waals surface area contributed by atoms with Gasteiger partial charge in [-0.15, -0.1) is 0 Å². The van der Waals surface area contributed by atoms with Crippen molar-refractivity contribution in [2.45, 2.75) is 24.9 Å². The molecule has 4 rings (SSSR count). The van der Waals surface area contributed by atoms with E-state index in [4.69, 9.17) is 11.6 Å². The molecule has 1 heterocycles. The molecule has 0 radical (unpaired) electrons. The van der Waals surface area contributed by atoms with Gasteiger partial charge in [0, 0.05) is 5.69 Å². The van der Waals surface area contributed by atoms with E-state index in [2.05, 4.69) is 24.1 Å². The quantitative estimate of drug-likeness (QED) is 0.286. The Kier molecular flexibility index (Phi) is 6.63. The molecule has 0 atom stereocenters. The Morgan fingerprint density at radius 2 is 1.72 bits per heavy atom. The standard InChI is InChI=1S/C25H22ClN3O2S/c1-16(2)17-9-3-6-12-20(17)27-23(30)15-32-25-28-21-13-7-4-10-18(21)24(31)29(25)22-14-8-5-11-19(22)26/h3-14,16H,15H2,1-2H3,(H,27,30). The van der Waals surface area contributed by atoms with Crippen molar-refractivity contribution in [3.05, 3.63) is 93.7 Å². The van der Waals surface area contributed by atoms with Crippen molar-refractivity contribution in [1.29, 1.82) is 0 Å². The number of anilines is 1. The molecule has 7 heteroatoms. The van der Waals surface area contributed by atoms with Crippen LogP contribution >= 0.6 is 23.4 Å². The molecule has 1 amide bonds. The number of hydrogen-bond donors (Lipinski definition) is 1. The van der Waals surface area contributed by atoms with Gasteiger partial charge in [-0.1, -0.05) is 79.7 Å². The summed E-state index contributed by atoms with van der Waals surface area (Å²) in [7, 11) is 0. The third kappa shape index (κ3) is 4.56. The van der Waals surface area contributed by atoms with Crippen molar-refractivity contribution in [1.82, 2.24) is 9.55 Å². The van der Waals surface area contributed by atoms with E-state index in [0.29, 0.717) is 26.8 Å². The summed E-state index contributed by atoms with van der Waals surface area (Å²) < 4.78 is 1.48. The van der Waals surface area contributed by atoms with Gasteiger partial charge in [-0.2, -0.15) is 0 Å². The van der Waals surface area contributed by atoms with Gasteiger partial charge in [-0.05, 0) is 41.8 Å². The fourth-order valence-electron chi connectivity index (χ4n) is 3.49. The zero-order valence-corrected chi connectivity index (χ0v) is 19.3. The molecule has 1 aromatic heterocycles. The van der Waals surface area contributed by atoms with Crippen LogP contribution in [0.2, 0.25) is 5.02 Å². The highest BCUT2D eigenvalue weighted by molar-refractivity contribution is 7.99. The Balaban J connectivity index is 1.67. The first kappa shape index (κ1) is 22.1. The lowest BCUT2D eigenvalue weighted by atomic mass is 10.0. The molecule has 0 saturated carbocycles. The van der Waals surface area contributed by atoms with Crippen molar-refractivity contribution >= 4 is 45.9 Å². The first-order chi connectivity index (χ1) is 15.5. The summed E-state index contributed by atoms with van der Waals surface area (Å²) in [6.07, 6.45) is 0. The van der Waals surface area contributed by atoms with Gasteiger partial charge in [-0.25, -0.2) is 4.98 Å². The number of nitrogens with one attached hydrogen (secondary N) is 1. The normalized spacial score (nSPS) is 11.1. The smallest absolute Gasteiger partial charge is 0.266 e. The summed E-state index contributed by atoms with van der Waals surface area (Å²) in [6, 6.07) is 22.0. The second kappa shape index (κ2) is 9.59. The van der Waals surface area contributed by atoms with E-state index in [-0.39, 0.29) is 23.1 Å². The van der Waals surface area contributed by atoms with Crippen molar-refractivity contribution in [2.75, 3.05) is 11.1 Å². The lowest BCUT2D eigenvalue weighted by Crippen LogP contribution is -2.23. The number of thioether (sulfide) groups is 1. The number of amides is 1. The average Bonchev–Trinajstić information content (AvgIpc) is 2.79. The summed E-state index contributed by atoms with van der Waals surface area (Å²) in [5.74, 6) is 0.213. The van der Waals surface area contributed by atoms with E-state index in [1.54, 1.807) is 36.4 Å². The lowest BCUT2D eigenvalue weighted by Gasteiger charge is -2.15. The van der Waals surface area contributed by atoms with E-state index in [1.165, 1.54) is 16.3 Å². The molecule has 0 saturated heterocycles. The molecule has 32 heavy (non-hydrogen) atoms. The molecular formula is C25H22ClN3O2S. The van der Waals surface area contributed by atoms with E-state index in [0.717, 1.165) is 11.3 Å². The zero-order valence-electron chi connectivity index (χ0n) is 17.7. The first-order valence-corrected chi connectivity index (χ1v) is 11.6. The number of carbonyl (C=O) groups excluding carboxylic acids is 1. The van der Waals surface area contributed by atoms with Crippen LogP contribution in [0.3, 0.4) is 0 Å². The van der Waals surface area contributed by atoms with Gasteiger partial charge in [-0.3, -0.25) is 14.2 Å². The molecule has 1 N–H and O–H groups in total. The van der Waals surface area contributed by atoms with E-state index in [1.807, 2.05) is 36.4 Å². The molecule has 4 aromatic rings. The SMILES string of the molecule is CC(C)c1ccccc1NC(=O)CSc1nc2ccccc2c(=O)n1-c1ccccc1Cl. The highest BCUT2D eigenvalue weighted by Crippen LogP contribution is 2.27. The highest BCUT2D eigenvalue weighted by Gasteiger charge is 2.17. The number of benzene rings is 3.